The lowest BCUT2D eigenvalue weighted by atomic mass is 10.0. The van der Waals surface area contributed by atoms with Crippen LogP contribution in [-0.4, -0.2) is 42.2 Å². The summed E-state index contributed by atoms with van der Waals surface area (Å²) in [4.78, 5) is 2.60. The van der Waals surface area contributed by atoms with Crippen molar-refractivity contribution in [3.63, 3.8) is 0 Å². The number of aryl methyl sites for hydroxylation is 4. The Bertz CT molecular complexity index is 650. The molecule has 0 spiro atoms. The predicted molar refractivity (Wildman–Crippen MR) is 99.3 cm³/mol. The second kappa shape index (κ2) is 7.50. The van der Waals surface area contributed by atoms with Crippen LogP contribution in [0.5, 0.6) is 0 Å². The summed E-state index contributed by atoms with van der Waals surface area (Å²) in [5, 5.41) is 4.91. The van der Waals surface area contributed by atoms with Gasteiger partial charge < -0.3 is 14.8 Å². The molecule has 1 aromatic heterocycles. The smallest absolute Gasteiger partial charge is 0.0513 e. The number of rotatable bonds is 6. The molecule has 0 aliphatic carbocycles. The average molecular weight is 313 g/mol. The van der Waals surface area contributed by atoms with E-state index in [1.807, 2.05) is 0 Å². The average Bonchev–Trinajstić information content (AvgIpc) is 2.87. The molecule has 0 radical (unpaired) electrons. The SMILES string of the molecule is CCCn1cc(CCCN2CCNCC2)c2cc(C)cc(C)c21. The number of aromatic nitrogens is 1. The Morgan fingerprint density at radius 3 is 2.61 bits per heavy atom. The number of benzene rings is 1. The van der Waals surface area contributed by atoms with E-state index >= 15 is 0 Å². The zero-order chi connectivity index (χ0) is 16.2. The molecule has 1 fully saturated rings. The normalized spacial score (nSPS) is 16.3. The van der Waals surface area contributed by atoms with Crippen LogP contribution in [0.15, 0.2) is 18.3 Å². The molecule has 0 amide bonds. The first-order valence-electron chi connectivity index (χ1n) is 9.21. The maximum atomic E-state index is 3.43. The van der Waals surface area contributed by atoms with Gasteiger partial charge in [-0.15, -0.1) is 0 Å². The Hall–Kier alpha value is -1.32. The fraction of sp³-hybridized carbons (Fsp3) is 0.600. The summed E-state index contributed by atoms with van der Waals surface area (Å²) in [6.45, 7) is 13.8. The highest BCUT2D eigenvalue weighted by molar-refractivity contribution is 5.87. The van der Waals surface area contributed by atoms with E-state index in [-0.39, 0.29) is 0 Å². The van der Waals surface area contributed by atoms with Gasteiger partial charge in [0.05, 0.1) is 5.52 Å². The van der Waals surface area contributed by atoms with Crippen LogP contribution >= 0.6 is 0 Å². The zero-order valence-electron chi connectivity index (χ0n) is 15.0. The highest BCUT2D eigenvalue weighted by atomic mass is 15.2. The lowest BCUT2D eigenvalue weighted by Gasteiger charge is -2.26. The number of nitrogens with one attached hydrogen (secondary N) is 1. The summed E-state index contributed by atoms with van der Waals surface area (Å²) in [6.07, 6.45) is 6.06. The fourth-order valence-electron chi connectivity index (χ4n) is 3.95. The number of piperazine rings is 1. The topological polar surface area (TPSA) is 20.2 Å². The zero-order valence-corrected chi connectivity index (χ0v) is 15.0. The van der Waals surface area contributed by atoms with Crippen LogP contribution in [0.2, 0.25) is 0 Å². The van der Waals surface area contributed by atoms with Crippen molar-refractivity contribution in [2.24, 2.45) is 0 Å². The summed E-state index contributed by atoms with van der Waals surface area (Å²) >= 11 is 0. The van der Waals surface area contributed by atoms with Gasteiger partial charge in [0.25, 0.3) is 0 Å². The van der Waals surface area contributed by atoms with E-state index in [0.717, 1.165) is 19.6 Å². The maximum absolute atomic E-state index is 3.43. The summed E-state index contributed by atoms with van der Waals surface area (Å²) in [7, 11) is 0. The van der Waals surface area contributed by atoms with Gasteiger partial charge in [-0.2, -0.15) is 0 Å². The van der Waals surface area contributed by atoms with Crippen LogP contribution in [0.3, 0.4) is 0 Å². The van der Waals surface area contributed by atoms with Gasteiger partial charge in [-0.25, -0.2) is 0 Å². The van der Waals surface area contributed by atoms with Crippen LogP contribution in [0.4, 0.5) is 0 Å². The van der Waals surface area contributed by atoms with Gasteiger partial charge in [0.2, 0.25) is 0 Å². The Labute approximate surface area is 140 Å². The van der Waals surface area contributed by atoms with Crippen LogP contribution in [0.1, 0.15) is 36.5 Å². The van der Waals surface area contributed by atoms with Crippen LogP contribution < -0.4 is 5.32 Å². The molecule has 1 aliphatic rings. The number of hydrogen-bond acceptors (Lipinski definition) is 2. The van der Waals surface area contributed by atoms with E-state index < -0.39 is 0 Å². The third-order valence-electron chi connectivity index (χ3n) is 4.98. The minimum Gasteiger partial charge on any atom is -0.347 e. The molecule has 0 unspecified atom stereocenters. The molecule has 0 bridgehead atoms. The van der Waals surface area contributed by atoms with Crippen LogP contribution in [0.25, 0.3) is 10.9 Å². The van der Waals surface area contributed by atoms with E-state index in [2.05, 4.69) is 53.9 Å². The summed E-state index contributed by atoms with van der Waals surface area (Å²) in [6, 6.07) is 4.70. The molecule has 2 aromatic rings. The van der Waals surface area contributed by atoms with Crippen molar-refractivity contribution in [2.45, 2.75) is 46.6 Å². The molecule has 2 heterocycles. The van der Waals surface area contributed by atoms with Crippen molar-refractivity contribution in [2.75, 3.05) is 32.7 Å². The van der Waals surface area contributed by atoms with Crippen molar-refractivity contribution in [3.05, 3.63) is 35.0 Å². The molecule has 0 atom stereocenters. The van der Waals surface area contributed by atoms with Gasteiger partial charge in [0.1, 0.15) is 0 Å². The van der Waals surface area contributed by atoms with E-state index in [9.17, 15) is 0 Å². The molecule has 3 nitrogen and oxygen atoms in total. The molecular weight excluding hydrogens is 282 g/mol. The molecule has 0 saturated carbocycles. The molecule has 1 aliphatic heterocycles. The third kappa shape index (κ3) is 3.78. The van der Waals surface area contributed by atoms with E-state index in [1.54, 1.807) is 0 Å². The summed E-state index contributed by atoms with van der Waals surface area (Å²) in [5.41, 5.74) is 5.79. The molecule has 1 N–H and O–H groups in total. The second-order valence-electron chi connectivity index (χ2n) is 7.02. The Morgan fingerprint density at radius 1 is 1.09 bits per heavy atom. The van der Waals surface area contributed by atoms with Crippen LogP contribution in [-0.2, 0) is 13.0 Å². The van der Waals surface area contributed by atoms with Gasteiger partial charge in [0, 0.05) is 44.3 Å². The second-order valence-corrected chi connectivity index (χ2v) is 7.02. The largest absolute Gasteiger partial charge is 0.347 e. The standard InChI is InChI=1S/C20H31N3/c1-4-9-23-15-18(6-5-10-22-11-7-21-8-12-22)19-14-16(2)13-17(3)20(19)23/h13-15,21H,4-12H2,1-3H3. The molecular formula is C20H31N3. The number of hydrogen-bond donors (Lipinski definition) is 1. The fourth-order valence-corrected chi connectivity index (χ4v) is 3.95. The van der Waals surface area contributed by atoms with Crippen molar-refractivity contribution < 1.29 is 0 Å². The summed E-state index contributed by atoms with van der Waals surface area (Å²) in [5.74, 6) is 0. The van der Waals surface area contributed by atoms with Gasteiger partial charge in [-0.3, -0.25) is 0 Å². The summed E-state index contributed by atoms with van der Waals surface area (Å²) < 4.78 is 2.48. The first kappa shape index (κ1) is 16.5. The molecule has 126 valence electrons. The molecule has 23 heavy (non-hydrogen) atoms. The minimum absolute atomic E-state index is 1.12. The highest BCUT2D eigenvalue weighted by Gasteiger charge is 2.13. The lowest BCUT2D eigenvalue weighted by molar-refractivity contribution is 0.238. The number of fused-ring (bicyclic) bond motifs is 1. The molecule has 1 aromatic carbocycles. The first-order chi connectivity index (χ1) is 11.2. The van der Waals surface area contributed by atoms with Gasteiger partial charge in [-0.1, -0.05) is 18.6 Å². The van der Waals surface area contributed by atoms with E-state index in [4.69, 9.17) is 0 Å². The lowest BCUT2D eigenvalue weighted by Crippen LogP contribution is -2.43. The highest BCUT2D eigenvalue weighted by Crippen LogP contribution is 2.27. The maximum Gasteiger partial charge on any atom is 0.0513 e. The van der Waals surface area contributed by atoms with Crippen molar-refractivity contribution in [3.8, 4) is 0 Å². The number of nitrogens with zero attached hydrogens (tertiary/aromatic N) is 2. The van der Waals surface area contributed by atoms with Gasteiger partial charge in [0.15, 0.2) is 0 Å². The van der Waals surface area contributed by atoms with E-state index in [0.29, 0.717) is 0 Å². The van der Waals surface area contributed by atoms with E-state index in [1.165, 1.54) is 66.5 Å². The first-order valence-corrected chi connectivity index (χ1v) is 9.21. The molecule has 3 rings (SSSR count). The molecule has 3 heteroatoms. The minimum atomic E-state index is 1.12. The van der Waals surface area contributed by atoms with Crippen molar-refractivity contribution in [1.82, 2.24) is 14.8 Å². The van der Waals surface area contributed by atoms with Crippen molar-refractivity contribution >= 4 is 10.9 Å². The van der Waals surface area contributed by atoms with Crippen molar-refractivity contribution in [1.29, 1.82) is 0 Å². The van der Waals surface area contributed by atoms with Gasteiger partial charge in [-0.05, 0) is 56.8 Å². The third-order valence-corrected chi connectivity index (χ3v) is 4.98. The Balaban J connectivity index is 1.76. The van der Waals surface area contributed by atoms with Crippen LogP contribution in [0, 0.1) is 13.8 Å². The Kier molecular flexibility index (Phi) is 5.39. The monoisotopic (exact) mass is 313 g/mol. The molecule has 1 saturated heterocycles. The predicted octanol–water partition coefficient (Wildman–Crippen LogP) is 3.51. The quantitative estimate of drug-likeness (QED) is 0.881. The Morgan fingerprint density at radius 2 is 1.87 bits per heavy atom. The van der Waals surface area contributed by atoms with Gasteiger partial charge >= 0.3 is 0 Å².